The van der Waals surface area contributed by atoms with Crippen LogP contribution in [0.25, 0.3) is 0 Å². The van der Waals surface area contributed by atoms with Gasteiger partial charge in [0.2, 0.25) is 5.95 Å². The molecule has 0 bridgehead atoms. The molecule has 1 aliphatic rings. The van der Waals surface area contributed by atoms with E-state index in [1.54, 1.807) is 25.4 Å². The molecule has 0 saturated carbocycles. The molecule has 0 radical (unpaired) electrons. The van der Waals surface area contributed by atoms with E-state index in [0.717, 1.165) is 10.4 Å². The van der Waals surface area contributed by atoms with Crippen molar-refractivity contribution in [1.29, 1.82) is 0 Å². The predicted octanol–water partition coefficient (Wildman–Crippen LogP) is 2.98. The number of esters is 2. The van der Waals surface area contributed by atoms with Crippen LogP contribution in [0.3, 0.4) is 0 Å². The van der Waals surface area contributed by atoms with Gasteiger partial charge in [-0.15, -0.1) is 11.3 Å². The van der Waals surface area contributed by atoms with E-state index in [-0.39, 0.29) is 12.5 Å². The molecule has 2 aromatic rings. The van der Waals surface area contributed by atoms with E-state index in [2.05, 4.69) is 15.3 Å². The highest BCUT2D eigenvalue weighted by Gasteiger charge is 2.28. The Morgan fingerprint density at radius 1 is 1.16 bits per heavy atom. The highest BCUT2D eigenvalue weighted by atomic mass is 32.1. The van der Waals surface area contributed by atoms with E-state index in [0.29, 0.717) is 48.9 Å². The first kappa shape index (κ1) is 23.6. The van der Waals surface area contributed by atoms with E-state index >= 15 is 0 Å². The molecule has 3 heterocycles. The molecule has 0 aliphatic carbocycles. The summed E-state index contributed by atoms with van der Waals surface area (Å²) in [6.45, 7) is 6.71. The van der Waals surface area contributed by atoms with Gasteiger partial charge in [0.25, 0.3) is 5.91 Å². The van der Waals surface area contributed by atoms with Crippen LogP contribution in [0.4, 0.5) is 10.9 Å². The van der Waals surface area contributed by atoms with E-state index in [1.807, 2.05) is 18.7 Å². The molecule has 0 unspecified atom stereocenters. The molecule has 0 spiro atoms. The number of hydrogen-bond acceptors (Lipinski definition) is 9. The van der Waals surface area contributed by atoms with Crippen LogP contribution in [0.5, 0.6) is 0 Å². The number of nitrogens with zero attached hydrogens (tertiary/aromatic N) is 3. The van der Waals surface area contributed by atoms with Crippen molar-refractivity contribution in [2.24, 2.45) is 5.92 Å². The summed E-state index contributed by atoms with van der Waals surface area (Å²) in [5.74, 6) is -0.962. The second-order valence-electron chi connectivity index (χ2n) is 7.38. The molecule has 0 aromatic carbocycles. The van der Waals surface area contributed by atoms with Crippen molar-refractivity contribution in [3.8, 4) is 0 Å². The van der Waals surface area contributed by atoms with Crippen molar-refractivity contribution in [3.63, 3.8) is 0 Å². The number of anilines is 2. The second kappa shape index (κ2) is 11.0. The first-order valence-corrected chi connectivity index (χ1v) is 11.5. The molecular weight excluding hydrogens is 432 g/mol. The van der Waals surface area contributed by atoms with Crippen LogP contribution in [0, 0.1) is 12.8 Å². The molecule has 3 rings (SSSR count). The number of rotatable bonds is 8. The molecular formula is C22H28N4O5S. The van der Waals surface area contributed by atoms with Crippen LogP contribution in [0.15, 0.2) is 18.5 Å². The van der Waals surface area contributed by atoms with Gasteiger partial charge >= 0.3 is 11.9 Å². The molecule has 32 heavy (non-hydrogen) atoms. The van der Waals surface area contributed by atoms with E-state index < -0.39 is 24.5 Å². The summed E-state index contributed by atoms with van der Waals surface area (Å²) in [6, 6.07) is 1.76. The van der Waals surface area contributed by atoms with Crippen molar-refractivity contribution in [1.82, 2.24) is 9.97 Å². The van der Waals surface area contributed by atoms with Crippen LogP contribution >= 0.6 is 11.3 Å². The Morgan fingerprint density at radius 3 is 2.47 bits per heavy atom. The lowest BCUT2D eigenvalue weighted by molar-refractivity contribution is -0.152. The molecule has 1 saturated heterocycles. The minimum atomic E-state index is -0.483. The zero-order chi connectivity index (χ0) is 23.1. The first-order chi connectivity index (χ1) is 15.4. The van der Waals surface area contributed by atoms with Crippen LogP contribution in [0.2, 0.25) is 0 Å². The van der Waals surface area contributed by atoms with Crippen molar-refractivity contribution in [3.05, 3.63) is 34.5 Å². The summed E-state index contributed by atoms with van der Waals surface area (Å²) in [5.41, 5.74) is 1.24. The first-order valence-electron chi connectivity index (χ1n) is 10.7. The number of aryl methyl sites for hydroxylation is 1. The fourth-order valence-electron chi connectivity index (χ4n) is 3.70. The van der Waals surface area contributed by atoms with Crippen molar-refractivity contribution >= 4 is 40.1 Å². The SMILES string of the molecule is CCOC(=O)c1c(NC(=O)COC(=O)C2CCN(c3ncccn3)CC2)sc(C)c1CC. The molecule has 10 heteroatoms. The van der Waals surface area contributed by atoms with Gasteiger partial charge in [0.05, 0.1) is 18.1 Å². The number of piperidine rings is 1. The number of amides is 1. The third-order valence-electron chi connectivity index (χ3n) is 5.30. The third kappa shape index (κ3) is 5.61. The maximum atomic E-state index is 12.4. The number of hydrogen-bond donors (Lipinski definition) is 1. The lowest BCUT2D eigenvalue weighted by Crippen LogP contribution is -2.38. The number of thiophene rings is 1. The fraction of sp³-hybridized carbons (Fsp3) is 0.500. The van der Waals surface area contributed by atoms with Gasteiger partial charge in [-0.05, 0) is 44.7 Å². The molecule has 9 nitrogen and oxygen atoms in total. The Kier molecular flexibility index (Phi) is 8.15. The Hall–Kier alpha value is -3.01. The number of nitrogens with one attached hydrogen (secondary N) is 1. The van der Waals surface area contributed by atoms with Gasteiger partial charge in [-0.25, -0.2) is 14.8 Å². The zero-order valence-electron chi connectivity index (χ0n) is 18.6. The second-order valence-corrected chi connectivity index (χ2v) is 8.61. The van der Waals surface area contributed by atoms with Gasteiger partial charge in [0.1, 0.15) is 5.00 Å². The summed E-state index contributed by atoms with van der Waals surface area (Å²) >= 11 is 1.32. The Morgan fingerprint density at radius 2 is 1.84 bits per heavy atom. The van der Waals surface area contributed by atoms with Crippen LogP contribution in [-0.4, -0.2) is 54.1 Å². The Labute approximate surface area is 191 Å². The normalized spacial score (nSPS) is 14.2. The minimum absolute atomic E-state index is 0.247. The lowest BCUT2D eigenvalue weighted by Gasteiger charge is -2.30. The maximum absolute atomic E-state index is 12.4. The quantitative estimate of drug-likeness (QED) is 0.599. The smallest absolute Gasteiger partial charge is 0.341 e. The summed E-state index contributed by atoms with van der Waals surface area (Å²) in [5, 5.41) is 3.13. The average molecular weight is 461 g/mol. The number of carbonyl (C=O) groups is 3. The molecule has 0 atom stereocenters. The Balaban J connectivity index is 1.52. The van der Waals surface area contributed by atoms with E-state index in [1.165, 1.54) is 11.3 Å². The summed E-state index contributed by atoms with van der Waals surface area (Å²) in [7, 11) is 0. The van der Waals surface area contributed by atoms with Gasteiger partial charge in [-0.3, -0.25) is 9.59 Å². The van der Waals surface area contributed by atoms with Crippen molar-refractivity contribution < 1.29 is 23.9 Å². The van der Waals surface area contributed by atoms with E-state index in [4.69, 9.17) is 9.47 Å². The van der Waals surface area contributed by atoms with Crippen LogP contribution < -0.4 is 10.2 Å². The predicted molar refractivity (Wildman–Crippen MR) is 121 cm³/mol. The van der Waals surface area contributed by atoms with Crippen LogP contribution in [0.1, 0.15) is 47.5 Å². The highest BCUT2D eigenvalue weighted by Crippen LogP contribution is 2.34. The zero-order valence-corrected chi connectivity index (χ0v) is 19.4. The third-order valence-corrected chi connectivity index (χ3v) is 6.37. The van der Waals surface area contributed by atoms with Gasteiger partial charge in [-0.1, -0.05) is 6.92 Å². The lowest BCUT2D eigenvalue weighted by atomic mass is 9.97. The van der Waals surface area contributed by atoms with Gasteiger partial charge in [0.15, 0.2) is 6.61 Å². The molecule has 1 fully saturated rings. The van der Waals surface area contributed by atoms with Gasteiger partial charge in [0, 0.05) is 30.4 Å². The van der Waals surface area contributed by atoms with Gasteiger partial charge < -0.3 is 19.7 Å². The minimum Gasteiger partial charge on any atom is -0.462 e. The molecule has 2 aromatic heterocycles. The fourth-order valence-corrected chi connectivity index (χ4v) is 4.85. The standard InChI is InChI=1S/C22H28N4O5S/c1-4-16-14(3)32-19(18(16)21(29)30-5-2)25-17(27)13-31-20(28)15-7-11-26(12-8-15)22-23-9-6-10-24-22/h6,9-10,15H,4-5,7-8,11-13H2,1-3H3,(H,25,27). The number of aromatic nitrogens is 2. The van der Waals surface area contributed by atoms with E-state index in [9.17, 15) is 14.4 Å². The topological polar surface area (TPSA) is 111 Å². The molecule has 1 amide bonds. The monoisotopic (exact) mass is 460 g/mol. The molecule has 1 N–H and O–H groups in total. The maximum Gasteiger partial charge on any atom is 0.341 e. The number of carbonyl (C=O) groups excluding carboxylic acids is 3. The molecule has 1 aliphatic heterocycles. The summed E-state index contributed by atoms with van der Waals surface area (Å²) in [6.07, 6.45) is 5.24. The largest absolute Gasteiger partial charge is 0.462 e. The van der Waals surface area contributed by atoms with Crippen molar-refractivity contribution in [2.45, 2.75) is 40.0 Å². The molecule has 172 valence electrons. The average Bonchev–Trinajstić information content (AvgIpc) is 3.12. The summed E-state index contributed by atoms with van der Waals surface area (Å²) in [4.78, 5) is 48.7. The van der Waals surface area contributed by atoms with Gasteiger partial charge in [-0.2, -0.15) is 0 Å². The Bertz CT molecular complexity index is 955. The summed E-state index contributed by atoms with van der Waals surface area (Å²) < 4.78 is 10.4. The van der Waals surface area contributed by atoms with Crippen molar-refractivity contribution in [2.75, 3.05) is 36.5 Å². The van der Waals surface area contributed by atoms with Crippen LogP contribution in [-0.2, 0) is 25.5 Å². The number of ether oxygens (including phenoxy) is 2. The highest BCUT2D eigenvalue weighted by molar-refractivity contribution is 7.16.